The average Bonchev–Trinajstić information content (AvgIpc) is 3.48. The molecule has 0 spiro atoms. The van der Waals surface area contributed by atoms with Crippen molar-refractivity contribution in [3.05, 3.63) is 69.4 Å². The number of aromatic nitrogens is 1. The first-order valence-electron chi connectivity index (χ1n) is 7.82. The summed E-state index contributed by atoms with van der Waals surface area (Å²) in [5, 5.41) is 14.0. The van der Waals surface area contributed by atoms with Gasteiger partial charge in [0.05, 0.1) is 27.4 Å². The summed E-state index contributed by atoms with van der Waals surface area (Å²) in [5.74, 6) is 0.920. The fraction of sp³-hybridized carbons (Fsp3) is 0.111. The number of rotatable bonds is 4. The van der Waals surface area contributed by atoms with E-state index in [1.807, 2.05) is 23.2 Å². The molecule has 0 aliphatic carbocycles. The second kappa shape index (κ2) is 7.48. The third-order valence-corrected chi connectivity index (χ3v) is 6.69. The number of anilines is 1. The maximum absolute atomic E-state index is 5.68. The predicted molar refractivity (Wildman–Crippen MR) is 115 cm³/mol. The van der Waals surface area contributed by atoms with Crippen LogP contribution in [0.2, 0.25) is 0 Å². The standard InChI is InChI=1S/C18H13N3OS3.BrH/c1-4-15(22-7-1)14-10-12(16-5-2-8-23-16)20-21(14)18-19-13(11-25-18)17-6-3-9-24-17;/h1-9,11,14H,10H2;1H. The van der Waals surface area contributed by atoms with Crippen LogP contribution in [0.4, 0.5) is 5.13 Å². The van der Waals surface area contributed by atoms with Gasteiger partial charge < -0.3 is 4.42 Å². The van der Waals surface area contributed by atoms with Crippen LogP contribution < -0.4 is 5.01 Å². The first-order chi connectivity index (χ1) is 12.4. The van der Waals surface area contributed by atoms with E-state index in [2.05, 4.69) is 34.3 Å². The van der Waals surface area contributed by atoms with Crippen LogP contribution in [0, 0.1) is 0 Å². The van der Waals surface area contributed by atoms with Gasteiger partial charge in [0.15, 0.2) is 0 Å². The van der Waals surface area contributed by atoms with E-state index < -0.39 is 0 Å². The summed E-state index contributed by atoms with van der Waals surface area (Å²) >= 11 is 5.04. The SMILES string of the molecule is Br.c1coc(C2CC(c3cccs3)=NN2c2nc(-c3cccs3)cs2)c1. The Morgan fingerprint density at radius 1 is 1.00 bits per heavy atom. The lowest BCUT2D eigenvalue weighted by atomic mass is 10.1. The molecule has 26 heavy (non-hydrogen) atoms. The Bertz CT molecular complexity index is 991. The second-order valence-corrected chi connectivity index (χ2v) is 8.33. The highest BCUT2D eigenvalue weighted by molar-refractivity contribution is 8.93. The van der Waals surface area contributed by atoms with Crippen molar-refractivity contribution in [2.24, 2.45) is 5.10 Å². The summed E-state index contributed by atoms with van der Waals surface area (Å²) in [5.41, 5.74) is 2.09. The quantitative estimate of drug-likeness (QED) is 0.348. The summed E-state index contributed by atoms with van der Waals surface area (Å²) in [7, 11) is 0. The first-order valence-corrected chi connectivity index (χ1v) is 10.5. The van der Waals surface area contributed by atoms with E-state index in [0.717, 1.165) is 28.7 Å². The third kappa shape index (κ3) is 3.18. The Kier molecular flexibility index (Phi) is 5.08. The van der Waals surface area contributed by atoms with Gasteiger partial charge in [-0.3, -0.25) is 0 Å². The number of hydrogen-bond donors (Lipinski definition) is 0. The van der Waals surface area contributed by atoms with Gasteiger partial charge in [0.1, 0.15) is 11.8 Å². The van der Waals surface area contributed by atoms with Crippen molar-refractivity contribution >= 4 is 61.8 Å². The summed E-state index contributed by atoms with van der Waals surface area (Å²) in [6.07, 6.45) is 2.54. The molecule has 5 heterocycles. The fourth-order valence-corrected chi connectivity index (χ4v) is 5.19. The normalized spacial score (nSPS) is 16.5. The number of nitrogens with zero attached hydrogens (tertiary/aromatic N) is 3. The van der Waals surface area contributed by atoms with E-state index in [4.69, 9.17) is 14.5 Å². The van der Waals surface area contributed by atoms with E-state index >= 15 is 0 Å². The second-order valence-electron chi connectivity index (χ2n) is 5.60. The molecule has 8 heteroatoms. The van der Waals surface area contributed by atoms with E-state index in [-0.39, 0.29) is 23.0 Å². The topological polar surface area (TPSA) is 41.6 Å². The zero-order chi connectivity index (χ0) is 16.6. The Balaban J connectivity index is 0.00000168. The fourth-order valence-electron chi connectivity index (χ4n) is 2.89. The van der Waals surface area contributed by atoms with Crippen molar-refractivity contribution in [1.29, 1.82) is 0 Å². The van der Waals surface area contributed by atoms with Gasteiger partial charge in [0.2, 0.25) is 5.13 Å². The first kappa shape index (κ1) is 17.7. The smallest absolute Gasteiger partial charge is 0.207 e. The Hall–Kier alpha value is -1.74. The molecule has 0 bridgehead atoms. The highest BCUT2D eigenvalue weighted by atomic mass is 79.9. The molecule has 0 saturated heterocycles. The molecule has 0 radical (unpaired) electrons. The zero-order valence-corrected chi connectivity index (χ0v) is 17.6. The monoisotopic (exact) mass is 463 g/mol. The van der Waals surface area contributed by atoms with Crippen molar-refractivity contribution in [3.8, 4) is 10.6 Å². The van der Waals surface area contributed by atoms with Crippen LogP contribution in [0.15, 0.2) is 68.3 Å². The largest absolute Gasteiger partial charge is 0.467 e. The van der Waals surface area contributed by atoms with Crippen LogP contribution in [0.5, 0.6) is 0 Å². The predicted octanol–water partition coefficient (Wildman–Crippen LogP) is 6.46. The molecule has 1 atom stereocenters. The van der Waals surface area contributed by atoms with Gasteiger partial charge >= 0.3 is 0 Å². The molecule has 4 aromatic rings. The molecule has 0 saturated carbocycles. The number of halogens is 1. The molecule has 0 fully saturated rings. The van der Waals surface area contributed by atoms with Crippen LogP contribution in [0.3, 0.4) is 0 Å². The lowest BCUT2D eigenvalue weighted by Crippen LogP contribution is -2.17. The minimum absolute atomic E-state index is 0. The lowest BCUT2D eigenvalue weighted by molar-refractivity contribution is 0.465. The van der Waals surface area contributed by atoms with Crippen molar-refractivity contribution in [3.63, 3.8) is 0 Å². The number of hydrazone groups is 1. The Labute approximate surface area is 173 Å². The minimum atomic E-state index is 0. The summed E-state index contributed by atoms with van der Waals surface area (Å²) < 4.78 is 5.68. The van der Waals surface area contributed by atoms with E-state index in [0.29, 0.717) is 0 Å². The number of thiazole rings is 1. The molecule has 0 amide bonds. The molecule has 132 valence electrons. The maximum atomic E-state index is 5.68. The number of hydrogen-bond acceptors (Lipinski definition) is 7. The van der Waals surface area contributed by atoms with Crippen molar-refractivity contribution in [2.45, 2.75) is 12.5 Å². The van der Waals surface area contributed by atoms with E-state index in [1.54, 1.807) is 40.3 Å². The van der Waals surface area contributed by atoms with Crippen LogP contribution in [-0.4, -0.2) is 10.7 Å². The summed E-state index contributed by atoms with van der Waals surface area (Å²) in [4.78, 5) is 7.20. The van der Waals surface area contributed by atoms with E-state index in [1.165, 1.54) is 9.75 Å². The summed E-state index contributed by atoms with van der Waals surface area (Å²) in [6.45, 7) is 0. The van der Waals surface area contributed by atoms with Crippen molar-refractivity contribution in [2.75, 3.05) is 5.01 Å². The van der Waals surface area contributed by atoms with Gasteiger partial charge in [0.25, 0.3) is 0 Å². The molecular weight excluding hydrogens is 450 g/mol. The van der Waals surface area contributed by atoms with Crippen LogP contribution >= 0.6 is 51.0 Å². The molecule has 4 nitrogen and oxygen atoms in total. The van der Waals surface area contributed by atoms with Crippen LogP contribution in [0.25, 0.3) is 10.6 Å². The highest BCUT2D eigenvalue weighted by Gasteiger charge is 2.33. The third-order valence-electron chi connectivity index (χ3n) is 4.05. The van der Waals surface area contributed by atoms with Crippen LogP contribution in [0.1, 0.15) is 23.1 Å². The van der Waals surface area contributed by atoms with Crippen molar-refractivity contribution < 1.29 is 4.42 Å². The van der Waals surface area contributed by atoms with Crippen molar-refractivity contribution in [1.82, 2.24) is 4.98 Å². The molecule has 1 aliphatic rings. The molecule has 0 aromatic carbocycles. The maximum Gasteiger partial charge on any atom is 0.207 e. The van der Waals surface area contributed by atoms with Gasteiger partial charge in [-0.15, -0.1) is 51.0 Å². The zero-order valence-electron chi connectivity index (χ0n) is 13.4. The van der Waals surface area contributed by atoms with E-state index in [9.17, 15) is 0 Å². The molecule has 5 rings (SSSR count). The Morgan fingerprint density at radius 2 is 1.81 bits per heavy atom. The molecular formula is C18H14BrN3OS3. The summed E-state index contributed by atoms with van der Waals surface area (Å²) in [6, 6.07) is 12.3. The minimum Gasteiger partial charge on any atom is -0.467 e. The molecule has 1 aliphatic heterocycles. The van der Waals surface area contributed by atoms with Gasteiger partial charge in [-0.05, 0) is 35.0 Å². The molecule has 1 unspecified atom stereocenters. The molecule has 4 aromatic heterocycles. The average molecular weight is 464 g/mol. The Morgan fingerprint density at radius 3 is 2.50 bits per heavy atom. The van der Waals surface area contributed by atoms with Gasteiger partial charge in [0, 0.05) is 11.8 Å². The molecule has 0 N–H and O–H groups in total. The van der Waals surface area contributed by atoms with Gasteiger partial charge in [-0.2, -0.15) is 5.10 Å². The number of furan rings is 1. The highest BCUT2D eigenvalue weighted by Crippen LogP contribution is 2.40. The van der Waals surface area contributed by atoms with Gasteiger partial charge in [-0.1, -0.05) is 12.1 Å². The number of thiophene rings is 2. The lowest BCUT2D eigenvalue weighted by Gasteiger charge is -2.18. The van der Waals surface area contributed by atoms with Crippen LogP contribution in [-0.2, 0) is 0 Å². The van der Waals surface area contributed by atoms with Gasteiger partial charge in [-0.25, -0.2) is 9.99 Å².